The normalized spacial score (nSPS) is 14.8. The number of nitrogens with one attached hydrogen (secondary N) is 1. The summed E-state index contributed by atoms with van der Waals surface area (Å²) in [7, 11) is 0. The first-order valence-electron chi connectivity index (χ1n) is 9.50. The lowest BCUT2D eigenvalue weighted by molar-refractivity contribution is -0.122. The molecule has 6 heteroatoms. The van der Waals surface area contributed by atoms with Gasteiger partial charge in [0.1, 0.15) is 5.75 Å². The van der Waals surface area contributed by atoms with Crippen LogP contribution >= 0.6 is 0 Å². The van der Waals surface area contributed by atoms with Gasteiger partial charge in [-0.3, -0.25) is 9.59 Å². The number of hydrogen-bond donors (Lipinski definition) is 1. The highest BCUT2D eigenvalue weighted by molar-refractivity contribution is 5.91. The maximum atomic E-state index is 12.3. The lowest BCUT2D eigenvalue weighted by Crippen LogP contribution is -2.46. The Morgan fingerprint density at radius 3 is 2.67 bits per heavy atom. The van der Waals surface area contributed by atoms with Crippen LogP contribution in [0.25, 0.3) is 0 Å². The highest BCUT2D eigenvalue weighted by Gasteiger charge is 2.25. The Labute approximate surface area is 159 Å². The zero-order valence-corrected chi connectivity index (χ0v) is 15.6. The standard InChI is InChI=1S/C21H26N2O4/c1-2-26-18-7-4-3-6-16(18)9-10-20(24)22-17-11-13-23(14-12-17)21(25)19-8-5-15-27-19/h3-8,15,17H,2,9-14H2,1H3,(H,22,24). The van der Waals surface area contributed by atoms with Crippen LogP contribution in [0.3, 0.4) is 0 Å². The van der Waals surface area contributed by atoms with E-state index in [1.54, 1.807) is 17.0 Å². The SMILES string of the molecule is CCOc1ccccc1CCC(=O)NC1CCN(C(=O)c2ccco2)CC1. The minimum Gasteiger partial charge on any atom is -0.494 e. The van der Waals surface area contributed by atoms with E-state index in [0.29, 0.717) is 38.3 Å². The third kappa shape index (κ3) is 5.12. The van der Waals surface area contributed by atoms with Gasteiger partial charge in [0.2, 0.25) is 5.91 Å². The summed E-state index contributed by atoms with van der Waals surface area (Å²) in [5.41, 5.74) is 1.05. The van der Waals surface area contributed by atoms with Crippen molar-refractivity contribution in [3.63, 3.8) is 0 Å². The number of amides is 2. The molecule has 0 atom stereocenters. The first-order valence-corrected chi connectivity index (χ1v) is 9.50. The van der Waals surface area contributed by atoms with Crippen molar-refractivity contribution in [3.8, 4) is 5.75 Å². The van der Waals surface area contributed by atoms with Crippen LogP contribution in [0.2, 0.25) is 0 Å². The highest BCUT2D eigenvalue weighted by atomic mass is 16.5. The Bertz CT molecular complexity index is 749. The second-order valence-corrected chi connectivity index (χ2v) is 6.65. The lowest BCUT2D eigenvalue weighted by atomic mass is 10.0. The summed E-state index contributed by atoms with van der Waals surface area (Å²) in [5, 5.41) is 3.09. The van der Waals surface area contributed by atoms with Crippen molar-refractivity contribution in [1.29, 1.82) is 0 Å². The van der Waals surface area contributed by atoms with Crippen molar-refractivity contribution < 1.29 is 18.7 Å². The van der Waals surface area contributed by atoms with E-state index in [2.05, 4.69) is 5.32 Å². The Balaban J connectivity index is 1.43. The quantitative estimate of drug-likeness (QED) is 0.813. The fourth-order valence-electron chi connectivity index (χ4n) is 3.34. The smallest absolute Gasteiger partial charge is 0.289 e. The number of aryl methyl sites for hydroxylation is 1. The topological polar surface area (TPSA) is 71.8 Å². The molecule has 2 aromatic rings. The van der Waals surface area contributed by atoms with Crippen molar-refractivity contribution >= 4 is 11.8 Å². The van der Waals surface area contributed by atoms with Crippen molar-refractivity contribution in [2.24, 2.45) is 0 Å². The molecule has 0 radical (unpaired) electrons. The van der Waals surface area contributed by atoms with Crippen molar-refractivity contribution in [3.05, 3.63) is 54.0 Å². The molecule has 2 heterocycles. The van der Waals surface area contributed by atoms with Gasteiger partial charge in [0.05, 0.1) is 12.9 Å². The van der Waals surface area contributed by atoms with E-state index in [0.717, 1.165) is 24.2 Å². The second-order valence-electron chi connectivity index (χ2n) is 6.65. The van der Waals surface area contributed by atoms with Crippen molar-refractivity contribution in [2.75, 3.05) is 19.7 Å². The predicted molar refractivity (Wildman–Crippen MR) is 102 cm³/mol. The van der Waals surface area contributed by atoms with Gasteiger partial charge in [-0.2, -0.15) is 0 Å². The van der Waals surface area contributed by atoms with E-state index in [1.807, 2.05) is 31.2 Å². The number of para-hydroxylation sites is 1. The van der Waals surface area contributed by atoms with Crippen LogP contribution in [-0.4, -0.2) is 42.5 Å². The molecule has 0 spiro atoms. The van der Waals surface area contributed by atoms with Gasteiger partial charge >= 0.3 is 0 Å². The average molecular weight is 370 g/mol. The predicted octanol–water partition coefficient (Wildman–Crippen LogP) is 3.03. The van der Waals surface area contributed by atoms with Gasteiger partial charge in [0, 0.05) is 25.6 Å². The van der Waals surface area contributed by atoms with Crippen LogP contribution in [0.5, 0.6) is 5.75 Å². The number of rotatable bonds is 7. The Morgan fingerprint density at radius 2 is 1.96 bits per heavy atom. The van der Waals surface area contributed by atoms with Crippen molar-refractivity contribution in [1.82, 2.24) is 10.2 Å². The third-order valence-corrected chi connectivity index (χ3v) is 4.77. The average Bonchev–Trinajstić information content (AvgIpc) is 3.22. The zero-order chi connectivity index (χ0) is 19.1. The third-order valence-electron chi connectivity index (χ3n) is 4.77. The van der Waals surface area contributed by atoms with Gasteiger partial charge < -0.3 is 19.4 Å². The Kier molecular flexibility index (Phi) is 6.52. The number of hydrogen-bond acceptors (Lipinski definition) is 4. The lowest BCUT2D eigenvalue weighted by Gasteiger charge is -2.31. The van der Waals surface area contributed by atoms with Crippen LogP contribution in [0, 0.1) is 0 Å². The molecule has 144 valence electrons. The van der Waals surface area contributed by atoms with Gasteiger partial charge in [0.25, 0.3) is 5.91 Å². The van der Waals surface area contributed by atoms with E-state index >= 15 is 0 Å². The number of piperidine rings is 1. The summed E-state index contributed by atoms with van der Waals surface area (Å²) < 4.78 is 10.8. The number of furan rings is 1. The first-order chi connectivity index (χ1) is 13.2. The molecule has 1 aliphatic heterocycles. The van der Waals surface area contributed by atoms with E-state index in [9.17, 15) is 9.59 Å². The maximum Gasteiger partial charge on any atom is 0.289 e. The summed E-state index contributed by atoms with van der Waals surface area (Å²) in [6.45, 7) is 3.81. The molecule has 1 fully saturated rings. The summed E-state index contributed by atoms with van der Waals surface area (Å²) >= 11 is 0. The number of carbonyl (C=O) groups is 2. The first kappa shape index (κ1) is 19.0. The van der Waals surface area contributed by atoms with Gasteiger partial charge in [0.15, 0.2) is 5.76 Å². The number of ether oxygens (including phenoxy) is 1. The van der Waals surface area contributed by atoms with E-state index in [4.69, 9.17) is 9.15 Å². The molecule has 27 heavy (non-hydrogen) atoms. The molecule has 1 saturated heterocycles. The molecule has 1 N–H and O–H groups in total. The van der Waals surface area contributed by atoms with Crippen LogP contribution in [0.1, 0.15) is 42.3 Å². The minimum atomic E-state index is -0.0858. The van der Waals surface area contributed by atoms with Gasteiger partial charge in [-0.25, -0.2) is 0 Å². The number of carbonyl (C=O) groups excluding carboxylic acids is 2. The zero-order valence-electron chi connectivity index (χ0n) is 15.6. The van der Waals surface area contributed by atoms with Crippen LogP contribution in [0.4, 0.5) is 0 Å². The molecule has 2 amide bonds. The monoisotopic (exact) mass is 370 g/mol. The van der Waals surface area contributed by atoms with Gasteiger partial charge in [-0.15, -0.1) is 0 Å². The fraction of sp³-hybridized carbons (Fsp3) is 0.429. The molecule has 0 bridgehead atoms. The highest BCUT2D eigenvalue weighted by Crippen LogP contribution is 2.20. The molecule has 3 rings (SSSR count). The largest absolute Gasteiger partial charge is 0.494 e. The van der Waals surface area contributed by atoms with Gasteiger partial charge in [-0.05, 0) is 49.9 Å². The number of benzene rings is 1. The number of nitrogens with zero attached hydrogens (tertiary/aromatic N) is 1. The van der Waals surface area contributed by atoms with Crippen LogP contribution in [-0.2, 0) is 11.2 Å². The molecule has 1 aliphatic rings. The Hall–Kier alpha value is -2.76. The molecule has 6 nitrogen and oxygen atoms in total. The molecular formula is C21H26N2O4. The fourth-order valence-corrected chi connectivity index (χ4v) is 3.34. The van der Waals surface area contributed by atoms with Crippen molar-refractivity contribution in [2.45, 2.75) is 38.6 Å². The molecule has 0 saturated carbocycles. The molecule has 1 aromatic carbocycles. The second kappa shape index (κ2) is 9.26. The molecule has 0 unspecified atom stereocenters. The molecule has 0 aliphatic carbocycles. The van der Waals surface area contributed by atoms with Crippen LogP contribution in [0.15, 0.2) is 47.1 Å². The number of likely N-dealkylation sites (tertiary alicyclic amines) is 1. The minimum absolute atomic E-state index is 0.0390. The summed E-state index contributed by atoms with van der Waals surface area (Å²) in [6, 6.07) is 11.3. The maximum absolute atomic E-state index is 12.3. The van der Waals surface area contributed by atoms with Gasteiger partial charge in [-0.1, -0.05) is 18.2 Å². The van der Waals surface area contributed by atoms with E-state index in [1.165, 1.54) is 6.26 Å². The summed E-state index contributed by atoms with van der Waals surface area (Å²) in [5.74, 6) is 1.16. The van der Waals surface area contributed by atoms with Crippen LogP contribution < -0.4 is 10.1 Å². The Morgan fingerprint density at radius 1 is 1.19 bits per heavy atom. The molecular weight excluding hydrogens is 344 g/mol. The van der Waals surface area contributed by atoms with E-state index in [-0.39, 0.29) is 17.9 Å². The summed E-state index contributed by atoms with van der Waals surface area (Å²) in [6.07, 6.45) is 4.10. The summed E-state index contributed by atoms with van der Waals surface area (Å²) in [4.78, 5) is 26.4. The molecule has 1 aromatic heterocycles. The van der Waals surface area contributed by atoms with E-state index < -0.39 is 0 Å².